The fraction of sp³-hybridized carbons (Fsp3) is 0.250. The van der Waals surface area contributed by atoms with Crippen LogP contribution in [0.3, 0.4) is 0 Å². The van der Waals surface area contributed by atoms with Crippen LogP contribution in [0.2, 0.25) is 0 Å². The van der Waals surface area contributed by atoms with E-state index in [1.54, 1.807) is 12.1 Å². The van der Waals surface area contributed by atoms with E-state index < -0.39 is 7.12 Å². The third-order valence-corrected chi connectivity index (χ3v) is 3.46. The molecule has 0 radical (unpaired) electrons. The van der Waals surface area contributed by atoms with Crippen LogP contribution < -0.4 is 16.1 Å². The van der Waals surface area contributed by atoms with Gasteiger partial charge in [0.05, 0.1) is 6.54 Å². The topological polar surface area (TPSA) is 98.7 Å². The van der Waals surface area contributed by atoms with E-state index in [4.69, 9.17) is 0 Å². The number of carbonyl (C=O) groups excluding carboxylic acids is 2. The highest BCUT2D eigenvalue weighted by atomic mass is 16.4. The Labute approximate surface area is 134 Å². The number of nitrogens with one attached hydrogen (secondary N) is 2. The molecule has 7 heteroatoms. The van der Waals surface area contributed by atoms with Gasteiger partial charge in [0.2, 0.25) is 11.8 Å². The molecule has 0 heterocycles. The SMILES string of the molecule is CC(=O)NCC(=O)NCCc1ccc2cc(B(O)O)ccc2c1. The molecule has 0 bridgehead atoms. The van der Waals surface area contributed by atoms with Crippen molar-refractivity contribution >= 4 is 35.2 Å². The summed E-state index contributed by atoms with van der Waals surface area (Å²) in [6.45, 7) is 1.83. The largest absolute Gasteiger partial charge is 0.488 e. The molecule has 0 spiro atoms. The van der Waals surface area contributed by atoms with Gasteiger partial charge in [-0.15, -0.1) is 0 Å². The van der Waals surface area contributed by atoms with Gasteiger partial charge < -0.3 is 20.7 Å². The second-order valence-electron chi connectivity index (χ2n) is 5.32. The van der Waals surface area contributed by atoms with Gasteiger partial charge in [-0.1, -0.05) is 36.4 Å². The van der Waals surface area contributed by atoms with Crippen molar-refractivity contribution in [1.82, 2.24) is 10.6 Å². The van der Waals surface area contributed by atoms with E-state index in [2.05, 4.69) is 10.6 Å². The molecule has 0 aliphatic rings. The van der Waals surface area contributed by atoms with Crippen LogP contribution >= 0.6 is 0 Å². The van der Waals surface area contributed by atoms with Crippen molar-refractivity contribution in [3.05, 3.63) is 42.0 Å². The number of fused-ring (bicyclic) bond motifs is 1. The first-order valence-electron chi connectivity index (χ1n) is 7.35. The smallest absolute Gasteiger partial charge is 0.423 e. The number of hydrogen-bond acceptors (Lipinski definition) is 4. The zero-order valence-electron chi connectivity index (χ0n) is 12.9. The van der Waals surface area contributed by atoms with Gasteiger partial charge in [0, 0.05) is 13.5 Å². The first kappa shape index (κ1) is 17.0. The molecule has 0 saturated carbocycles. The lowest BCUT2D eigenvalue weighted by Crippen LogP contribution is -2.36. The summed E-state index contributed by atoms with van der Waals surface area (Å²) in [5.74, 6) is -0.454. The fourth-order valence-electron chi connectivity index (χ4n) is 2.24. The van der Waals surface area contributed by atoms with Gasteiger partial charge >= 0.3 is 7.12 Å². The van der Waals surface area contributed by atoms with Crippen molar-refractivity contribution in [1.29, 1.82) is 0 Å². The van der Waals surface area contributed by atoms with E-state index in [-0.39, 0.29) is 18.4 Å². The first-order chi connectivity index (χ1) is 11.0. The Balaban J connectivity index is 1.92. The molecule has 0 fully saturated rings. The Kier molecular flexibility index (Phi) is 5.73. The van der Waals surface area contributed by atoms with Crippen molar-refractivity contribution in [2.24, 2.45) is 0 Å². The van der Waals surface area contributed by atoms with Crippen molar-refractivity contribution in [3.63, 3.8) is 0 Å². The summed E-state index contributed by atoms with van der Waals surface area (Å²) in [5, 5.41) is 25.4. The highest BCUT2D eigenvalue weighted by Gasteiger charge is 2.10. The second kappa shape index (κ2) is 7.76. The maximum Gasteiger partial charge on any atom is 0.488 e. The zero-order chi connectivity index (χ0) is 16.8. The Hall–Kier alpha value is -2.38. The van der Waals surface area contributed by atoms with Crippen molar-refractivity contribution in [2.75, 3.05) is 13.1 Å². The number of amides is 2. The molecule has 2 aromatic carbocycles. The van der Waals surface area contributed by atoms with Gasteiger partial charge in [0.1, 0.15) is 0 Å². The third-order valence-electron chi connectivity index (χ3n) is 3.46. The summed E-state index contributed by atoms with van der Waals surface area (Å²) in [7, 11) is -1.47. The highest BCUT2D eigenvalue weighted by Crippen LogP contribution is 2.15. The van der Waals surface area contributed by atoms with E-state index in [1.165, 1.54) is 6.92 Å². The minimum absolute atomic E-state index is 0.0146. The summed E-state index contributed by atoms with van der Waals surface area (Å²) >= 11 is 0. The van der Waals surface area contributed by atoms with Crippen LogP contribution in [0.5, 0.6) is 0 Å². The monoisotopic (exact) mass is 314 g/mol. The summed E-state index contributed by atoms with van der Waals surface area (Å²) in [6.07, 6.45) is 0.673. The summed E-state index contributed by atoms with van der Waals surface area (Å²) < 4.78 is 0. The van der Waals surface area contributed by atoms with Gasteiger partial charge in [0.15, 0.2) is 0 Å². The quantitative estimate of drug-likeness (QED) is 0.531. The zero-order valence-corrected chi connectivity index (χ0v) is 12.9. The molecule has 6 nitrogen and oxygen atoms in total. The summed E-state index contributed by atoms with van der Waals surface area (Å²) in [4.78, 5) is 22.2. The van der Waals surface area contributed by atoms with Crippen LogP contribution in [-0.2, 0) is 16.0 Å². The molecule has 0 aliphatic carbocycles. The fourth-order valence-corrected chi connectivity index (χ4v) is 2.24. The van der Waals surface area contributed by atoms with E-state index in [1.807, 2.05) is 24.3 Å². The molecule has 0 aliphatic heterocycles. The first-order valence-corrected chi connectivity index (χ1v) is 7.35. The van der Waals surface area contributed by atoms with Crippen molar-refractivity contribution in [3.8, 4) is 0 Å². The third kappa shape index (κ3) is 5.08. The lowest BCUT2D eigenvalue weighted by Gasteiger charge is -2.08. The molecular weight excluding hydrogens is 295 g/mol. The van der Waals surface area contributed by atoms with Crippen LogP contribution in [0.1, 0.15) is 12.5 Å². The lowest BCUT2D eigenvalue weighted by atomic mass is 9.79. The van der Waals surface area contributed by atoms with Gasteiger partial charge in [-0.25, -0.2) is 0 Å². The van der Waals surface area contributed by atoms with Crippen molar-refractivity contribution < 1.29 is 19.6 Å². The van der Waals surface area contributed by atoms with Crippen LogP contribution in [0.25, 0.3) is 10.8 Å². The van der Waals surface area contributed by atoms with Gasteiger partial charge in [-0.05, 0) is 28.2 Å². The number of hydrogen-bond donors (Lipinski definition) is 4. The second-order valence-corrected chi connectivity index (χ2v) is 5.32. The molecule has 0 atom stereocenters. The Morgan fingerprint density at radius 3 is 2.43 bits per heavy atom. The molecule has 2 amide bonds. The predicted molar refractivity (Wildman–Crippen MR) is 89.2 cm³/mol. The number of benzene rings is 2. The summed E-state index contributed by atoms with van der Waals surface area (Å²) in [5.41, 5.74) is 1.52. The average molecular weight is 314 g/mol. The van der Waals surface area contributed by atoms with E-state index in [0.717, 1.165) is 16.3 Å². The van der Waals surface area contributed by atoms with Gasteiger partial charge in [0.25, 0.3) is 0 Å². The highest BCUT2D eigenvalue weighted by molar-refractivity contribution is 6.58. The van der Waals surface area contributed by atoms with Gasteiger partial charge in [-0.2, -0.15) is 0 Å². The molecule has 23 heavy (non-hydrogen) atoms. The molecule has 2 rings (SSSR count). The van der Waals surface area contributed by atoms with Crippen LogP contribution in [0, 0.1) is 0 Å². The minimum Gasteiger partial charge on any atom is -0.423 e. The molecule has 0 saturated heterocycles. The minimum atomic E-state index is -1.47. The Morgan fingerprint density at radius 2 is 1.74 bits per heavy atom. The lowest BCUT2D eigenvalue weighted by molar-refractivity contribution is -0.125. The van der Waals surface area contributed by atoms with E-state index in [9.17, 15) is 19.6 Å². The van der Waals surface area contributed by atoms with Crippen LogP contribution in [0.4, 0.5) is 0 Å². The molecule has 4 N–H and O–H groups in total. The average Bonchev–Trinajstić information content (AvgIpc) is 2.52. The normalized spacial score (nSPS) is 10.4. The molecule has 2 aromatic rings. The predicted octanol–water partition coefficient (Wildman–Crippen LogP) is -0.686. The van der Waals surface area contributed by atoms with Gasteiger partial charge in [-0.3, -0.25) is 9.59 Å². The maximum atomic E-state index is 11.5. The van der Waals surface area contributed by atoms with Crippen LogP contribution in [-0.4, -0.2) is 42.1 Å². The summed E-state index contributed by atoms with van der Waals surface area (Å²) in [6, 6.07) is 11.1. The Morgan fingerprint density at radius 1 is 1.04 bits per heavy atom. The van der Waals surface area contributed by atoms with Crippen LogP contribution in [0.15, 0.2) is 36.4 Å². The van der Waals surface area contributed by atoms with E-state index >= 15 is 0 Å². The molecule has 0 aromatic heterocycles. The maximum absolute atomic E-state index is 11.5. The molecule has 0 unspecified atom stereocenters. The molecule has 120 valence electrons. The standard InChI is InChI=1S/C16H19BN2O4/c1-11(20)19-10-16(21)18-7-6-12-2-3-14-9-15(17(22)23)5-4-13(14)8-12/h2-5,8-9,22-23H,6-7,10H2,1H3,(H,18,21)(H,19,20). The van der Waals surface area contributed by atoms with Crippen molar-refractivity contribution in [2.45, 2.75) is 13.3 Å². The Bertz CT molecular complexity index is 718. The number of carbonyl (C=O) groups is 2. The molecular formula is C16H19BN2O4. The number of rotatable bonds is 6. The van der Waals surface area contributed by atoms with E-state index in [0.29, 0.717) is 18.4 Å².